The lowest BCUT2D eigenvalue weighted by Gasteiger charge is -2.45. The van der Waals surface area contributed by atoms with Crippen LogP contribution in [-0.2, 0) is 33.0 Å². The van der Waals surface area contributed by atoms with E-state index in [2.05, 4.69) is 40.8 Å². The molecule has 0 amide bonds. The van der Waals surface area contributed by atoms with Crippen molar-refractivity contribution >= 4 is 20.1 Å². The lowest BCUT2D eigenvalue weighted by atomic mass is 9.84. The van der Waals surface area contributed by atoms with Gasteiger partial charge in [0.1, 0.15) is 5.60 Å². The van der Waals surface area contributed by atoms with Crippen LogP contribution in [0.25, 0.3) is 0 Å². The molecule has 3 saturated heterocycles. The van der Waals surface area contributed by atoms with E-state index < -0.39 is 25.6 Å². The number of ketones is 1. The van der Waals surface area contributed by atoms with Crippen molar-refractivity contribution in [2.75, 3.05) is 19.8 Å². The second-order valence-corrected chi connectivity index (χ2v) is 20.1. The smallest absolute Gasteiger partial charge is 0.311 e. The third-order valence-corrected chi connectivity index (χ3v) is 13.6. The highest BCUT2D eigenvalue weighted by molar-refractivity contribution is 6.74. The van der Waals surface area contributed by atoms with Crippen molar-refractivity contribution in [2.45, 2.75) is 155 Å². The molecule has 3 rings (SSSR count). The zero-order valence-electron chi connectivity index (χ0n) is 28.6. The summed E-state index contributed by atoms with van der Waals surface area (Å²) in [6.07, 6.45) is 7.85. The molecule has 43 heavy (non-hydrogen) atoms. The maximum absolute atomic E-state index is 12.1. The number of esters is 1. The van der Waals surface area contributed by atoms with Crippen LogP contribution in [0.5, 0.6) is 0 Å². The maximum Gasteiger partial charge on any atom is 0.311 e. The molecule has 3 N–H and O–H groups in total. The Kier molecular flexibility index (Phi) is 13.9. The summed E-state index contributed by atoms with van der Waals surface area (Å²) >= 11 is 0. The molecule has 250 valence electrons. The maximum atomic E-state index is 12.1. The van der Waals surface area contributed by atoms with Crippen molar-refractivity contribution in [3.8, 4) is 0 Å². The third kappa shape index (κ3) is 11.9. The van der Waals surface area contributed by atoms with Gasteiger partial charge in [-0.1, -0.05) is 27.7 Å². The molecule has 10 heteroatoms. The van der Waals surface area contributed by atoms with E-state index in [1.807, 2.05) is 20.8 Å². The highest BCUT2D eigenvalue weighted by Gasteiger charge is 2.54. The van der Waals surface area contributed by atoms with Gasteiger partial charge in [-0.15, -0.1) is 0 Å². The molecule has 1 unspecified atom stereocenters. The van der Waals surface area contributed by atoms with Crippen molar-refractivity contribution in [3.05, 3.63) is 11.8 Å². The number of hydrogen-bond acceptors (Lipinski definition) is 9. The molecule has 0 saturated carbocycles. The number of rotatable bonds is 11. The number of allylic oxidation sites excluding steroid dienone is 2. The Hall–Kier alpha value is -1.30. The zero-order chi connectivity index (χ0) is 32.6. The van der Waals surface area contributed by atoms with Crippen LogP contribution in [0.15, 0.2) is 11.8 Å². The van der Waals surface area contributed by atoms with Gasteiger partial charge in [-0.05, 0) is 96.3 Å². The number of aliphatic hydroxyl groups is 1. The average Bonchev–Trinajstić information content (AvgIpc) is 3.50. The van der Waals surface area contributed by atoms with Gasteiger partial charge in [0.15, 0.2) is 20.4 Å². The van der Waals surface area contributed by atoms with Crippen LogP contribution in [0.3, 0.4) is 0 Å². The summed E-state index contributed by atoms with van der Waals surface area (Å²) in [6, 6.07) is 0. The number of hydrogen-bond donors (Lipinski definition) is 2. The predicted molar refractivity (Wildman–Crippen MR) is 171 cm³/mol. The molecule has 3 aliphatic rings. The molecule has 0 radical (unpaired) electrons. The number of ether oxygens (including phenoxy) is 4. The Morgan fingerprint density at radius 3 is 2.30 bits per heavy atom. The zero-order valence-corrected chi connectivity index (χ0v) is 29.6. The monoisotopic (exact) mass is 627 g/mol. The van der Waals surface area contributed by atoms with E-state index in [1.54, 1.807) is 0 Å². The fraction of sp³-hybridized carbons (Fsp3) is 0.879. The van der Waals surface area contributed by atoms with Crippen molar-refractivity contribution in [1.82, 2.24) is 0 Å². The first-order valence-electron chi connectivity index (χ1n) is 16.2. The van der Waals surface area contributed by atoms with Gasteiger partial charge in [-0.2, -0.15) is 0 Å². The molecule has 0 aliphatic carbocycles. The first-order valence-corrected chi connectivity index (χ1v) is 19.1. The van der Waals surface area contributed by atoms with Gasteiger partial charge in [0.05, 0.1) is 36.9 Å². The van der Waals surface area contributed by atoms with Gasteiger partial charge < -0.3 is 34.2 Å². The lowest BCUT2D eigenvalue weighted by molar-refractivity contribution is -0.183. The molecular formula is C33H61NO8Si. The quantitative estimate of drug-likeness (QED) is 0.122. The van der Waals surface area contributed by atoms with Crippen molar-refractivity contribution in [2.24, 2.45) is 17.1 Å². The van der Waals surface area contributed by atoms with Crippen molar-refractivity contribution in [1.29, 1.82) is 0 Å². The number of carbonyl (C=O) groups excluding carboxylic acids is 2. The van der Waals surface area contributed by atoms with Gasteiger partial charge in [0, 0.05) is 25.1 Å². The van der Waals surface area contributed by atoms with E-state index in [0.29, 0.717) is 18.9 Å². The minimum absolute atomic E-state index is 0.0175. The first kappa shape index (κ1) is 37.9. The van der Waals surface area contributed by atoms with Crippen LogP contribution in [-0.4, -0.2) is 75.2 Å². The molecule has 9 nitrogen and oxygen atoms in total. The molecule has 0 bridgehead atoms. The Morgan fingerprint density at radius 2 is 1.79 bits per heavy atom. The minimum Gasteiger partial charge on any atom is -0.465 e. The Labute approximate surface area is 261 Å². The van der Waals surface area contributed by atoms with Gasteiger partial charge in [0.25, 0.3) is 0 Å². The van der Waals surface area contributed by atoms with Gasteiger partial charge in [-0.25, -0.2) is 0 Å². The van der Waals surface area contributed by atoms with E-state index in [0.717, 1.165) is 58.0 Å². The minimum atomic E-state index is -1.99. The van der Waals surface area contributed by atoms with Gasteiger partial charge in [-0.3, -0.25) is 9.59 Å². The van der Waals surface area contributed by atoms with E-state index in [1.165, 1.54) is 13.0 Å². The number of nitrogens with two attached hydrogens (primary N) is 1. The normalized spacial score (nSPS) is 29.0. The number of fused-ring (bicyclic) bond motifs is 1. The predicted octanol–water partition coefficient (Wildman–Crippen LogP) is 6.03. The number of aliphatic hydroxyl groups excluding tert-OH is 1. The fourth-order valence-electron chi connectivity index (χ4n) is 5.31. The Balaban J connectivity index is 0.000000953. The van der Waals surface area contributed by atoms with Crippen LogP contribution >= 0.6 is 0 Å². The van der Waals surface area contributed by atoms with E-state index in [4.69, 9.17) is 34.2 Å². The molecule has 3 heterocycles. The standard InChI is InChI=1S/C29H53NO6Si.C4H8O2/c1-20(24(30)17-21(2)31)16-22-13-14-25-29(36-22,19-34-37(9,10)28(6,7)8)18-23(35-25)12-11-15-33-26(32)27(3,4)5;5-4-2-1-3-6-4/h17,20,22-23,25H,11-16,18-19,30H2,1-10H3;4-5H,1-3H2/b24-17-;/t20-,22-,23+,25+,29-;/m1./s1. The van der Waals surface area contributed by atoms with Crippen LogP contribution in [0.4, 0.5) is 0 Å². The summed E-state index contributed by atoms with van der Waals surface area (Å²) in [5.41, 5.74) is 5.80. The average molecular weight is 628 g/mol. The topological polar surface area (TPSA) is 127 Å². The number of carbonyl (C=O) groups is 2. The summed E-state index contributed by atoms with van der Waals surface area (Å²) in [5.74, 6) is -0.154. The van der Waals surface area contributed by atoms with E-state index in [-0.39, 0.29) is 41.0 Å². The molecule has 3 fully saturated rings. The largest absolute Gasteiger partial charge is 0.465 e. The lowest BCUT2D eigenvalue weighted by Crippen LogP contribution is -2.55. The first-order chi connectivity index (χ1) is 19.8. The SMILES string of the molecule is CC(=O)/C=C(\N)[C@H](C)C[C@H]1CC[C@@H]2O[C@@H](CCCOC(=O)C(C)(C)C)C[C@]2(CO[Si](C)(C)C(C)(C)C)O1.OC1CCCO1. The van der Waals surface area contributed by atoms with Gasteiger partial charge >= 0.3 is 5.97 Å². The van der Waals surface area contributed by atoms with Crippen LogP contribution in [0.1, 0.15) is 107 Å². The Bertz CT molecular complexity index is 934. The summed E-state index contributed by atoms with van der Waals surface area (Å²) in [5, 5.41) is 8.61. The van der Waals surface area contributed by atoms with E-state index >= 15 is 0 Å². The van der Waals surface area contributed by atoms with Crippen LogP contribution in [0, 0.1) is 11.3 Å². The van der Waals surface area contributed by atoms with Crippen molar-refractivity contribution in [3.63, 3.8) is 0 Å². The van der Waals surface area contributed by atoms with Crippen molar-refractivity contribution < 1.29 is 38.1 Å². The second kappa shape index (κ2) is 15.8. The molecule has 0 aromatic rings. The highest BCUT2D eigenvalue weighted by atomic mass is 28.4. The molecule has 0 aromatic heterocycles. The Morgan fingerprint density at radius 1 is 1.12 bits per heavy atom. The molecule has 6 atom stereocenters. The molecule has 3 aliphatic heterocycles. The van der Waals surface area contributed by atoms with Gasteiger partial charge in [0.2, 0.25) is 0 Å². The summed E-state index contributed by atoms with van der Waals surface area (Å²) < 4.78 is 30.3. The third-order valence-electron chi connectivity index (χ3n) is 9.13. The summed E-state index contributed by atoms with van der Waals surface area (Å²) in [6.45, 7) is 22.1. The van der Waals surface area contributed by atoms with E-state index in [9.17, 15) is 9.59 Å². The molecular weight excluding hydrogens is 566 g/mol. The van der Waals surface area contributed by atoms with Crippen LogP contribution < -0.4 is 5.73 Å². The highest BCUT2D eigenvalue weighted by Crippen LogP contribution is 2.46. The summed E-state index contributed by atoms with van der Waals surface area (Å²) in [7, 11) is -1.99. The van der Waals surface area contributed by atoms with Crippen LogP contribution in [0.2, 0.25) is 18.1 Å². The molecule has 0 spiro atoms. The second-order valence-electron chi connectivity index (χ2n) is 15.3. The summed E-state index contributed by atoms with van der Waals surface area (Å²) in [4.78, 5) is 23.6. The molecule has 0 aromatic carbocycles. The fourth-order valence-corrected chi connectivity index (χ4v) is 6.34.